The molecule has 0 fully saturated rings. The second kappa shape index (κ2) is 3.43. The minimum Gasteiger partial charge on any atom is -0.490 e. The predicted octanol–water partition coefficient (Wildman–Crippen LogP) is 3.49. The molecule has 0 amide bonds. The smallest absolute Gasteiger partial charge is 0.124 e. The van der Waals surface area contributed by atoms with Gasteiger partial charge in [0.2, 0.25) is 0 Å². The Morgan fingerprint density at radius 2 is 2.15 bits per heavy atom. The van der Waals surface area contributed by atoms with Gasteiger partial charge in [-0.25, -0.2) is 0 Å². The number of rotatable bonds is 1. The van der Waals surface area contributed by atoms with Gasteiger partial charge in [-0.05, 0) is 25.1 Å². The van der Waals surface area contributed by atoms with E-state index in [0.29, 0.717) is 0 Å². The maximum absolute atomic E-state index is 6.03. The fraction of sp³-hybridized carbons (Fsp3) is 0.273. The lowest BCUT2D eigenvalue weighted by Crippen LogP contribution is -1.98. The Morgan fingerprint density at radius 3 is 2.77 bits per heavy atom. The van der Waals surface area contributed by atoms with Crippen molar-refractivity contribution in [2.75, 3.05) is 0 Å². The number of halogens is 1. The Balaban J connectivity index is 2.31. The van der Waals surface area contributed by atoms with Gasteiger partial charge < -0.3 is 4.74 Å². The molecule has 0 saturated carbocycles. The normalized spacial score (nSPS) is 21.1. The van der Waals surface area contributed by atoms with E-state index in [1.807, 2.05) is 24.3 Å². The summed E-state index contributed by atoms with van der Waals surface area (Å²) in [6.45, 7) is 2.06. The second-order valence-electron chi connectivity index (χ2n) is 3.21. The second-order valence-corrected chi connectivity index (χ2v) is 3.62. The summed E-state index contributed by atoms with van der Waals surface area (Å²) in [5.41, 5.74) is 0.994. The van der Waals surface area contributed by atoms with Crippen molar-refractivity contribution in [3.8, 4) is 0 Å². The van der Waals surface area contributed by atoms with Gasteiger partial charge in [0.25, 0.3) is 0 Å². The summed E-state index contributed by atoms with van der Waals surface area (Å²) in [5, 5.41) is 0.753. The number of ether oxygens (including phenoxy) is 1. The van der Waals surface area contributed by atoms with Gasteiger partial charge >= 0.3 is 0 Å². The monoisotopic (exact) mass is 194 g/mol. The summed E-state index contributed by atoms with van der Waals surface area (Å²) >= 11 is 6.03. The van der Waals surface area contributed by atoms with Crippen LogP contribution in [0.2, 0.25) is 5.02 Å². The summed E-state index contributed by atoms with van der Waals surface area (Å²) in [7, 11) is 0. The van der Waals surface area contributed by atoms with Gasteiger partial charge in [-0.15, -0.1) is 0 Å². The average Bonchev–Trinajstić information content (AvgIpc) is 2.53. The van der Waals surface area contributed by atoms with Gasteiger partial charge in [0, 0.05) is 12.0 Å². The van der Waals surface area contributed by atoms with Crippen molar-refractivity contribution >= 4 is 17.4 Å². The quantitative estimate of drug-likeness (QED) is 0.665. The molecule has 0 N–H and O–H groups in total. The van der Waals surface area contributed by atoms with E-state index >= 15 is 0 Å². The number of benzene rings is 1. The highest BCUT2D eigenvalue weighted by Crippen LogP contribution is 2.30. The molecule has 13 heavy (non-hydrogen) atoms. The average molecular weight is 195 g/mol. The third-order valence-electron chi connectivity index (χ3n) is 2.10. The standard InChI is InChI=1S/C11H11ClO/c1-8-6-7-11(13-8)9-4-2-3-5-10(9)12/h2-5,7-8H,6H2,1H3. The summed E-state index contributed by atoms with van der Waals surface area (Å²) < 4.78 is 5.60. The molecule has 1 aliphatic rings. The Hall–Kier alpha value is -0.950. The molecule has 1 aromatic rings. The van der Waals surface area contributed by atoms with E-state index in [1.165, 1.54) is 0 Å². The van der Waals surface area contributed by atoms with Crippen LogP contribution in [0.1, 0.15) is 18.9 Å². The van der Waals surface area contributed by atoms with Crippen molar-refractivity contribution in [3.05, 3.63) is 40.9 Å². The molecule has 1 aromatic carbocycles. The number of hydrogen-bond acceptors (Lipinski definition) is 1. The molecule has 1 atom stereocenters. The highest BCUT2D eigenvalue weighted by Gasteiger charge is 2.16. The van der Waals surface area contributed by atoms with Crippen LogP contribution in [0.5, 0.6) is 0 Å². The molecule has 1 nitrogen and oxygen atoms in total. The lowest BCUT2D eigenvalue weighted by atomic mass is 10.2. The molecule has 1 unspecified atom stereocenters. The lowest BCUT2D eigenvalue weighted by molar-refractivity contribution is 0.210. The molecular formula is C11H11ClO. The molecule has 68 valence electrons. The Kier molecular flexibility index (Phi) is 2.28. The molecule has 0 radical (unpaired) electrons. The Morgan fingerprint density at radius 1 is 1.38 bits per heavy atom. The molecular weight excluding hydrogens is 184 g/mol. The maximum atomic E-state index is 6.03. The van der Waals surface area contributed by atoms with Gasteiger partial charge in [-0.2, -0.15) is 0 Å². The lowest BCUT2D eigenvalue weighted by Gasteiger charge is -2.09. The molecule has 1 aliphatic heterocycles. The summed E-state index contributed by atoms with van der Waals surface area (Å²) in [4.78, 5) is 0. The minimum atomic E-state index is 0.284. The molecule has 0 aliphatic carbocycles. The van der Waals surface area contributed by atoms with Crippen molar-refractivity contribution in [1.29, 1.82) is 0 Å². The first kappa shape index (κ1) is 8.64. The zero-order valence-corrected chi connectivity index (χ0v) is 8.21. The zero-order valence-electron chi connectivity index (χ0n) is 7.46. The summed E-state index contributed by atoms with van der Waals surface area (Å²) in [6.07, 6.45) is 3.35. The van der Waals surface area contributed by atoms with E-state index in [4.69, 9.17) is 16.3 Å². The summed E-state index contributed by atoms with van der Waals surface area (Å²) in [5.74, 6) is 0.915. The van der Waals surface area contributed by atoms with Crippen LogP contribution in [0, 0.1) is 0 Å². The Labute approximate surface area is 83.0 Å². The van der Waals surface area contributed by atoms with Crippen molar-refractivity contribution in [2.24, 2.45) is 0 Å². The van der Waals surface area contributed by atoms with Crippen molar-refractivity contribution < 1.29 is 4.74 Å². The topological polar surface area (TPSA) is 9.23 Å². The van der Waals surface area contributed by atoms with Crippen LogP contribution in [0.25, 0.3) is 5.76 Å². The SMILES string of the molecule is CC1CC=C(c2ccccc2Cl)O1. The molecule has 0 bridgehead atoms. The van der Waals surface area contributed by atoms with E-state index in [1.54, 1.807) is 0 Å². The Bertz CT molecular complexity index is 344. The van der Waals surface area contributed by atoms with Crippen LogP contribution < -0.4 is 0 Å². The van der Waals surface area contributed by atoms with Gasteiger partial charge in [0.15, 0.2) is 0 Å². The third kappa shape index (κ3) is 1.70. The van der Waals surface area contributed by atoms with Gasteiger partial charge in [-0.1, -0.05) is 23.7 Å². The molecule has 2 heteroatoms. The van der Waals surface area contributed by atoms with Crippen LogP contribution in [-0.2, 0) is 4.74 Å². The minimum absolute atomic E-state index is 0.284. The van der Waals surface area contributed by atoms with E-state index in [0.717, 1.165) is 22.8 Å². The van der Waals surface area contributed by atoms with Gasteiger partial charge in [-0.3, -0.25) is 0 Å². The predicted molar refractivity (Wildman–Crippen MR) is 54.6 cm³/mol. The van der Waals surface area contributed by atoms with Crippen LogP contribution >= 0.6 is 11.6 Å². The number of hydrogen-bond donors (Lipinski definition) is 0. The van der Waals surface area contributed by atoms with Gasteiger partial charge in [0.1, 0.15) is 5.76 Å². The van der Waals surface area contributed by atoms with E-state index in [9.17, 15) is 0 Å². The fourth-order valence-corrected chi connectivity index (χ4v) is 1.65. The first-order valence-electron chi connectivity index (χ1n) is 4.39. The van der Waals surface area contributed by atoms with Crippen molar-refractivity contribution in [3.63, 3.8) is 0 Å². The molecule has 0 aromatic heterocycles. The fourth-order valence-electron chi connectivity index (χ4n) is 1.42. The summed E-state index contributed by atoms with van der Waals surface area (Å²) in [6, 6.07) is 7.75. The third-order valence-corrected chi connectivity index (χ3v) is 2.43. The van der Waals surface area contributed by atoms with Crippen molar-refractivity contribution in [1.82, 2.24) is 0 Å². The highest BCUT2D eigenvalue weighted by atomic mass is 35.5. The first-order valence-corrected chi connectivity index (χ1v) is 4.77. The molecule has 2 rings (SSSR count). The molecule has 1 heterocycles. The van der Waals surface area contributed by atoms with Crippen LogP contribution in [-0.4, -0.2) is 6.10 Å². The van der Waals surface area contributed by atoms with E-state index in [-0.39, 0.29) is 6.10 Å². The van der Waals surface area contributed by atoms with Crippen LogP contribution in [0.4, 0.5) is 0 Å². The molecule has 0 spiro atoms. The zero-order chi connectivity index (χ0) is 9.26. The molecule has 0 saturated heterocycles. The van der Waals surface area contributed by atoms with Crippen molar-refractivity contribution in [2.45, 2.75) is 19.4 Å². The van der Waals surface area contributed by atoms with E-state index < -0.39 is 0 Å². The van der Waals surface area contributed by atoms with Crippen LogP contribution in [0.3, 0.4) is 0 Å². The highest BCUT2D eigenvalue weighted by molar-refractivity contribution is 6.32. The largest absolute Gasteiger partial charge is 0.490 e. The first-order chi connectivity index (χ1) is 6.27. The van der Waals surface area contributed by atoms with E-state index in [2.05, 4.69) is 13.0 Å². The van der Waals surface area contributed by atoms with Crippen LogP contribution in [0.15, 0.2) is 30.3 Å². The maximum Gasteiger partial charge on any atom is 0.124 e. The van der Waals surface area contributed by atoms with Gasteiger partial charge in [0.05, 0.1) is 11.1 Å².